The lowest BCUT2D eigenvalue weighted by atomic mass is 9.92. The van der Waals surface area contributed by atoms with Crippen molar-refractivity contribution in [2.75, 3.05) is 0 Å². The predicted molar refractivity (Wildman–Crippen MR) is 79.3 cm³/mol. The van der Waals surface area contributed by atoms with Crippen molar-refractivity contribution in [1.29, 1.82) is 0 Å². The molecule has 0 aliphatic heterocycles. The van der Waals surface area contributed by atoms with Crippen LogP contribution in [0.2, 0.25) is 0 Å². The van der Waals surface area contributed by atoms with Gasteiger partial charge in [-0.05, 0) is 43.7 Å². The Labute approximate surface area is 116 Å². The Morgan fingerprint density at radius 3 is 2.68 bits per heavy atom. The van der Waals surface area contributed by atoms with E-state index in [1.54, 1.807) is 0 Å². The minimum absolute atomic E-state index is 0.259. The van der Waals surface area contributed by atoms with Crippen LogP contribution < -0.4 is 0 Å². The van der Waals surface area contributed by atoms with E-state index in [0.29, 0.717) is 6.42 Å². The highest BCUT2D eigenvalue weighted by Gasteiger charge is 2.18. The molecule has 1 atom stereocenters. The van der Waals surface area contributed by atoms with Gasteiger partial charge in [-0.3, -0.25) is 4.79 Å². The number of aliphatic carboxylic acids is 1. The summed E-state index contributed by atoms with van der Waals surface area (Å²) in [5.41, 5.74) is 2.33. The molecule has 0 bridgehead atoms. The lowest BCUT2D eigenvalue weighted by Gasteiger charge is -2.13. The number of hydrogen-bond acceptors (Lipinski definition) is 1. The lowest BCUT2D eigenvalue weighted by Crippen LogP contribution is -2.17. The van der Waals surface area contributed by atoms with Crippen LogP contribution in [0.5, 0.6) is 0 Å². The molecule has 19 heavy (non-hydrogen) atoms. The molecule has 0 aliphatic rings. The molecule has 1 rings (SSSR count). The van der Waals surface area contributed by atoms with E-state index < -0.39 is 5.97 Å². The van der Waals surface area contributed by atoms with Crippen LogP contribution in [0.1, 0.15) is 43.2 Å². The maximum absolute atomic E-state index is 11.3. The molecule has 0 aliphatic carbocycles. The first-order chi connectivity index (χ1) is 9.15. The normalized spacial score (nSPS) is 12.1. The van der Waals surface area contributed by atoms with Crippen molar-refractivity contribution in [3.05, 3.63) is 48.0 Å². The molecule has 0 aromatic heterocycles. The molecule has 0 radical (unpaired) electrons. The number of carbonyl (C=O) groups is 1. The van der Waals surface area contributed by atoms with Gasteiger partial charge in [0, 0.05) is 0 Å². The second-order valence-electron chi connectivity index (χ2n) is 5.09. The van der Waals surface area contributed by atoms with Gasteiger partial charge < -0.3 is 5.11 Å². The average molecular weight is 260 g/mol. The highest BCUT2D eigenvalue weighted by Crippen LogP contribution is 2.19. The molecular formula is C17H24O2. The Kier molecular flexibility index (Phi) is 6.94. The zero-order valence-corrected chi connectivity index (χ0v) is 11.8. The third kappa shape index (κ3) is 5.73. The summed E-state index contributed by atoms with van der Waals surface area (Å²) in [7, 11) is 0. The highest BCUT2D eigenvalue weighted by molar-refractivity contribution is 5.70. The fourth-order valence-corrected chi connectivity index (χ4v) is 2.27. The molecule has 2 heteroatoms. The van der Waals surface area contributed by atoms with Gasteiger partial charge in [0.15, 0.2) is 0 Å². The highest BCUT2D eigenvalue weighted by atomic mass is 16.4. The quantitative estimate of drug-likeness (QED) is 0.528. The van der Waals surface area contributed by atoms with E-state index in [4.69, 9.17) is 0 Å². The third-order valence-corrected chi connectivity index (χ3v) is 3.54. The molecule has 1 aromatic rings. The van der Waals surface area contributed by atoms with E-state index in [9.17, 15) is 9.90 Å². The molecule has 104 valence electrons. The number of hydrogen-bond donors (Lipinski definition) is 1. The predicted octanol–water partition coefficient (Wildman–Crippen LogP) is 4.37. The first kappa shape index (κ1) is 15.5. The molecule has 2 nitrogen and oxygen atoms in total. The van der Waals surface area contributed by atoms with Gasteiger partial charge in [0.25, 0.3) is 0 Å². The summed E-state index contributed by atoms with van der Waals surface area (Å²) in [6.45, 7) is 5.73. The second-order valence-corrected chi connectivity index (χ2v) is 5.09. The average Bonchev–Trinajstić information content (AvgIpc) is 2.39. The summed E-state index contributed by atoms with van der Waals surface area (Å²) < 4.78 is 0. The smallest absolute Gasteiger partial charge is 0.306 e. The molecule has 0 heterocycles. The molecule has 1 N–H and O–H groups in total. The standard InChI is InChI=1S/C17H24O2/c1-3-4-5-6-7-12-16(17(18)19)13-15-11-9-8-10-14(15)2/h3,8-11,16H,1,4-7,12-13H2,2H3,(H,18,19). The van der Waals surface area contributed by atoms with Gasteiger partial charge in [-0.25, -0.2) is 0 Å². The van der Waals surface area contributed by atoms with Crippen LogP contribution in [-0.4, -0.2) is 11.1 Å². The molecule has 1 aromatic carbocycles. The summed E-state index contributed by atoms with van der Waals surface area (Å²) >= 11 is 0. The summed E-state index contributed by atoms with van der Waals surface area (Å²) in [4.78, 5) is 11.3. The summed E-state index contributed by atoms with van der Waals surface area (Å²) in [5.74, 6) is -0.934. The van der Waals surface area contributed by atoms with Crippen LogP contribution >= 0.6 is 0 Å². The summed E-state index contributed by atoms with van der Waals surface area (Å²) in [6, 6.07) is 8.04. The van der Waals surface area contributed by atoms with Crippen molar-refractivity contribution in [2.24, 2.45) is 5.92 Å². The molecular weight excluding hydrogens is 236 g/mol. The van der Waals surface area contributed by atoms with Crippen molar-refractivity contribution in [3.63, 3.8) is 0 Å². The Bertz CT molecular complexity index is 409. The van der Waals surface area contributed by atoms with Crippen LogP contribution in [-0.2, 0) is 11.2 Å². The third-order valence-electron chi connectivity index (χ3n) is 3.54. The van der Waals surface area contributed by atoms with Gasteiger partial charge in [0.1, 0.15) is 0 Å². The number of rotatable bonds is 9. The number of carboxylic acid groups (broad SMARTS) is 1. The molecule has 0 saturated heterocycles. The maximum atomic E-state index is 11.3. The minimum atomic E-state index is -0.674. The summed E-state index contributed by atoms with van der Waals surface area (Å²) in [5, 5.41) is 9.31. The number of carboxylic acids is 1. The van der Waals surface area contributed by atoms with Crippen molar-refractivity contribution in [3.8, 4) is 0 Å². The zero-order valence-electron chi connectivity index (χ0n) is 11.8. The Morgan fingerprint density at radius 1 is 1.32 bits per heavy atom. The van der Waals surface area contributed by atoms with Gasteiger partial charge in [-0.1, -0.05) is 43.2 Å². The lowest BCUT2D eigenvalue weighted by molar-refractivity contribution is -0.142. The molecule has 0 saturated carbocycles. The van der Waals surface area contributed by atoms with E-state index >= 15 is 0 Å². The zero-order chi connectivity index (χ0) is 14.1. The number of allylic oxidation sites excluding steroid dienone is 1. The van der Waals surface area contributed by atoms with Gasteiger partial charge in [-0.2, -0.15) is 0 Å². The summed E-state index contributed by atoms with van der Waals surface area (Å²) in [6.07, 6.45) is 7.53. The van der Waals surface area contributed by atoms with Crippen LogP contribution in [0.3, 0.4) is 0 Å². The Hall–Kier alpha value is -1.57. The van der Waals surface area contributed by atoms with Crippen LogP contribution in [0.4, 0.5) is 0 Å². The number of benzene rings is 1. The van der Waals surface area contributed by atoms with Gasteiger partial charge in [-0.15, -0.1) is 6.58 Å². The maximum Gasteiger partial charge on any atom is 0.306 e. The number of aryl methyl sites for hydroxylation is 1. The van der Waals surface area contributed by atoms with E-state index in [2.05, 4.69) is 6.58 Å². The van der Waals surface area contributed by atoms with Crippen molar-refractivity contribution < 1.29 is 9.90 Å². The minimum Gasteiger partial charge on any atom is -0.481 e. The first-order valence-electron chi connectivity index (χ1n) is 7.03. The molecule has 0 amide bonds. The topological polar surface area (TPSA) is 37.3 Å². The fraction of sp³-hybridized carbons (Fsp3) is 0.471. The Morgan fingerprint density at radius 2 is 2.05 bits per heavy atom. The van der Waals surface area contributed by atoms with Gasteiger partial charge in [0.2, 0.25) is 0 Å². The van der Waals surface area contributed by atoms with E-state index in [1.165, 1.54) is 5.56 Å². The van der Waals surface area contributed by atoms with Crippen LogP contribution in [0.15, 0.2) is 36.9 Å². The van der Waals surface area contributed by atoms with E-state index in [0.717, 1.165) is 37.7 Å². The Balaban J connectivity index is 2.47. The first-order valence-corrected chi connectivity index (χ1v) is 7.03. The van der Waals surface area contributed by atoms with Crippen LogP contribution in [0.25, 0.3) is 0 Å². The monoisotopic (exact) mass is 260 g/mol. The largest absolute Gasteiger partial charge is 0.481 e. The molecule has 0 spiro atoms. The molecule has 1 unspecified atom stereocenters. The van der Waals surface area contributed by atoms with Crippen molar-refractivity contribution in [1.82, 2.24) is 0 Å². The number of unbranched alkanes of at least 4 members (excludes halogenated alkanes) is 3. The molecule has 0 fully saturated rings. The van der Waals surface area contributed by atoms with Crippen molar-refractivity contribution in [2.45, 2.75) is 45.4 Å². The van der Waals surface area contributed by atoms with Gasteiger partial charge >= 0.3 is 5.97 Å². The van der Waals surface area contributed by atoms with Crippen molar-refractivity contribution >= 4 is 5.97 Å². The second kappa shape index (κ2) is 8.52. The van der Waals surface area contributed by atoms with Gasteiger partial charge in [0.05, 0.1) is 5.92 Å². The SMILES string of the molecule is C=CCCCCCC(Cc1ccccc1C)C(=O)O. The van der Waals surface area contributed by atoms with Crippen LogP contribution in [0, 0.1) is 12.8 Å². The van der Waals surface area contributed by atoms with E-state index in [1.807, 2.05) is 37.3 Å². The van der Waals surface area contributed by atoms with E-state index in [-0.39, 0.29) is 5.92 Å². The fourth-order valence-electron chi connectivity index (χ4n) is 2.27.